The third-order valence-corrected chi connectivity index (χ3v) is 5.83. The minimum Gasteiger partial charge on any atom is -0.379 e. The number of rotatable bonds is 14. The number of unbranched alkanes of at least 4 members (excludes halogenated alkanes) is 5. The zero-order valence-electron chi connectivity index (χ0n) is 17.4. The standard InChI is InChI=1S/C23H39NO2Si/c1-2-3-4-5-6-10-16-24-19-22(20-25-17-11-18-27)26-23(24)15-14-21-12-8-7-9-13-21/h7-9,12-15,22-23H,2-6,10-11,16-20H2,1,27H3/b15-14+. The maximum Gasteiger partial charge on any atom is 0.130 e. The lowest BCUT2D eigenvalue weighted by Crippen LogP contribution is -2.30. The predicted molar refractivity (Wildman–Crippen MR) is 119 cm³/mol. The van der Waals surface area contributed by atoms with Gasteiger partial charge in [-0.1, -0.05) is 81.5 Å². The van der Waals surface area contributed by atoms with E-state index < -0.39 is 0 Å². The summed E-state index contributed by atoms with van der Waals surface area (Å²) in [5, 5.41) is 0. The molecule has 1 aliphatic rings. The molecule has 0 radical (unpaired) electrons. The molecule has 0 N–H and O–H groups in total. The molecule has 0 amide bonds. The molecule has 1 heterocycles. The van der Waals surface area contributed by atoms with Crippen LogP contribution in [0, 0.1) is 0 Å². The van der Waals surface area contributed by atoms with E-state index in [2.05, 4.69) is 54.3 Å². The Kier molecular flexibility index (Phi) is 11.7. The van der Waals surface area contributed by atoms with E-state index in [9.17, 15) is 0 Å². The van der Waals surface area contributed by atoms with E-state index in [1.54, 1.807) is 0 Å². The summed E-state index contributed by atoms with van der Waals surface area (Å²) in [5.41, 5.74) is 1.23. The van der Waals surface area contributed by atoms with Crippen molar-refractivity contribution in [3.63, 3.8) is 0 Å². The lowest BCUT2D eigenvalue weighted by atomic mass is 10.1. The highest BCUT2D eigenvalue weighted by molar-refractivity contribution is 6.08. The average molecular weight is 390 g/mol. The number of benzene rings is 1. The molecule has 1 aliphatic heterocycles. The average Bonchev–Trinajstić information content (AvgIpc) is 3.09. The Bertz CT molecular complexity index is 508. The fourth-order valence-corrected chi connectivity index (χ4v) is 3.77. The lowest BCUT2D eigenvalue weighted by Gasteiger charge is -2.19. The van der Waals surface area contributed by atoms with Crippen LogP contribution in [-0.2, 0) is 9.47 Å². The summed E-state index contributed by atoms with van der Waals surface area (Å²) in [6.07, 6.45) is 13.9. The third-order valence-electron chi connectivity index (χ3n) is 5.13. The highest BCUT2D eigenvalue weighted by Gasteiger charge is 2.30. The molecule has 0 aliphatic carbocycles. The van der Waals surface area contributed by atoms with Gasteiger partial charge in [0.05, 0.1) is 12.7 Å². The molecule has 4 heteroatoms. The molecule has 3 nitrogen and oxygen atoms in total. The molecular formula is C23H39NO2Si. The number of hydrogen-bond acceptors (Lipinski definition) is 3. The smallest absolute Gasteiger partial charge is 0.130 e. The fourth-order valence-electron chi connectivity index (χ4n) is 3.48. The first kappa shape index (κ1) is 22.3. The van der Waals surface area contributed by atoms with Gasteiger partial charge in [0, 0.05) is 29.9 Å². The molecule has 2 unspecified atom stereocenters. The summed E-state index contributed by atoms with van der Waals surface area (Å²) in [7, 11) is 1.27. The van der Waals surface area contributed by atoms with Gasteiger partial charge in [-0.05, 0) is 24.5 Å². The van der Waals surface area contributed by atoms with Gasteiger partial charge >= 0.3 is 0 Å². The van der Waals surface area contributed by atoms with Crippen molar-refractivity contribution in [3.8, 4) is 0 Å². The van der Waals surface area contributed by atoms with Gasteiger partial charge in [0.25, 0.3) is 0 Å². The molecule has 2 rings (SSSR count). The van der Waals surface area contributed by atoms with Crippen molar-refractivity contribution in [3.05, 3.63) is 42.0 Å². The van der Waals surface area contributed by atoms with E-state index in [0.29, 0.717) is 0 Å². The quantitative estimate of drug-likeness (QED) is 0.350. The van der Waals surface area contributed by atoms with Gasteiger partial charge in [0.15, 0.2) is 0 Å². The Morgan fingerprint density at radius 3 is 2.67 bits per heavy atom. The van der Waals surface area contributed by atoms with Gasteiger partial charge in [0.2, 0.25) is 0 Å². The molecule has 1 saturated heterocycles. The second-order valence-corrected chi connectivity index (χ2v) is 8.61. The highest BCUT2D eigenvalue weighted by Crippen LogP contribution is 2.20. The summed E-state index contributed by atoms with van der Waals surface area (Å²) < 4.78 is 12.1. The molecule has 152 valence electrons. The number of hydrogen-bond donors (Lipinski definition) is 0. The molecule has 1 fully saturated rings. The summed E-state index contributed by atoms with van der Waals surface area (Å²) in [6, 6.07) is 11.8. The molecule has 1 aromatic carbocycles. The SMILES string of the molecule is CCCCCCCCN1CC(COCCC[SiH3])OC1/C=C/c1ccccc1. The summed E-state index contributed by atoms with van der Waals surface area (Å²) in [5.74, 6) is 0. The maximum atomic E-state index is 6.29. The fraction of sp³-hybridized carbons (Fsp3) is 0.652. The Morgan fingerprint density at radius 2 is 1.89 bits per heavy atom. The number of ether oxygens (including phenoxy) is 2. The predicted octanol–water partition coefficient (Wildman–Crippen LogP) is 4.28. The van der Waals surface area contributed by atoms with Crippen LogP contribution in [0.3, 0.4) is 0 Å². The summed E-state index contributed by atoms with van der Waals surface area (Å²) >= 11 is 0. The second kappa shape index (κ2) is 14.1. The first-order chi connectivity index (χ1) is 13.3. The van der Waals surface area contributed by atoms with E-state index >= 15 is 0 Å². The van der Waals surface area contributed by atoms with Gasteiger partial charge in [-0.2, -0.15) is 0 Å². The van der Waals surface area contributed by atoms with Crippen molar-refractivity contribution in [2.45, 2.75) is 70.2 Å². The van der Waals surface area contributed by atoms with Gasteiger partial charge in [0.1, 0.15) is 6.23 Å². The molecule has 0 bridgehead atoms. The van der Waals surface area contributed by atoms with Crippen molar-refractivity contribution < 1.29 is 9.47 Å². The maximum absolute atomic E-state index is 6.29. The third kappa shape index (κ3) is 9.20. The zero-order chi connectivity index (χ0) is 19.2. The van der Waals surface area contributed by atoms with E-state index in [-0.39, 0.29) is 12.3 Å². The topological polar surface area (TPSA) is 21.7 Å². The van der Waals surface area contributed by atoms with Gasteiger partial charge in [-0.15, -0.1) is 0 Å². The van der Waals surface area contributed by atoms with Crippen LogP contribution in [-0.4, -0.2) is 53.8 Å². The van der Waals surface area contributed by atoms with Crippen molar-refractivity contribution >= 4 is 16.3 Å². The summed E-state index contributed by atoms with van der Waals surface area (Å²) in [4.78, 5) is 2.49. The van der Waals surface area contributed by atoms with Crippen LogP contribution in [0.2, 0.25) is 6.04 Å². The van der Waals surface area contributed by atoms with Crippen LogP contribution in [0.4, 0.5) is 0 Å². The normalized spacial score (nSPS) is 20.8. The molecule has 2 atom stereocenters. The van der Waals surface area contributed by atoms with Crippen LogP contribution < -0.4 is 0 Å². The first-order valence-electron chi connectivity index (χ1n) is 11.0. The lowest BCUT2D eigenvalue weighted by molar-refractivity contribution is -0.0117. The van der Waals surface area contributed by atoms with Gasteiger partial charge < -0.3 is 9.47 Å². The summed E-state index contributed by atoms with van der Waals surface area (Å²) in [6.45, 7) is 5.98. The Balaban J connectivity index is 1.81. The molecule has 1 aromatic rings. The second-order valence-electron chi connectivity index (χ2n) is 7.61. The van der Waals surface area contributed by atoms with Crippen LogP contribution in [0.25, 0.3) is 6.08 Å². The monoisotopic (exact) mass is 389 g/mol. The minimum absolute atomic E-state index is 0.0769. The Morgan fingerprint density at radius 1 is 1.11 bits per heavy atom. The molecule has 27 heavy (non-hydrogen) atoms. The molecule has 0 saturated carbocycles. The van der Waals surface area contributed by atoms with E-state index in [1.807, 2.05) is 0 Å². The van der Waals surface area contributed by atoms with E-state index in [1.165, 1.54) is 66.8 Å². The van der Waals surface area contributed by atoms with Crippen LogP contribution >= 0.6 is 0 Å². The van der Waals surface area contributed by atoms with Crippen molar-refractivity contribution in [1.29, 1.82) is 0 Å². The molecular weight excluding hydrogens is 350 g/mol. The molecule has 0 spiro atoms. The van der Waals surface area contributed by atoms with Crippen molar-refractivity contribution in [2.75, 3.05) is 26.3 Å². The van der Waals surface area contributed by atoms with Crippen molar-refractivity contribution in [2.24, 2.45) is 0 Å². The van der Waals surface area contributed by atoms with Gasteiger partial charge in [-0.25, -0.2) is 0 Å². The highest BCUT2D eigenvalue weighted by atomic mass is 28.1. The van der Waals surface area contributed by atoms with E-state index in [4.69, 9.17) is 9.47 Å². The van der Waals surface area contributed by atoms with E-state index in [0.717, 1.165) is 26.3 Å². The minimum atomic E-state index is 0.0769. The van der Waals surface area contributed by atoms with Crippen LogP contribution in [0.5, 0.6) is 0 Å². The number of nitrogens with zero attached hydrogens (tertiary/aromatic N) is 1. The first-order valence-corrected chi connectivity index (χ1v) is 12.5. The van der Waals surface area contributed by atoms with Gasteiger partial charge in [-0.3, -0.25) is 4.90 Å². The Hall–Kier alpha value is -0.943. The largest absolute Gasteiger partial charge is 0.379 e. The zero-order valence-corrected chi connectivity index (χ0v) is 19.4. The Labute approximate surface area is 169 Å². The van der Waals surface area contributed by atoms with Crippen LogP contribution in [0.15, 0.2) is 36.4 Å². The van der Waals surface area contributed by atoms with Crippen molar-refractivity contribution in [1.82, 2.24) is 4.90 Å². The van der Waals surface area contributed by atoms with Crippen LogP contribution in [0.1, 0.15) is 57.4 Å². The molecule has 0 aromatic heterocycles.